The van der Waals surface area contributed by atoms with Crippen molar-refractivity contribution >= 4 is 12.0 Å². The van der Waals surface area contributed by atoms with E-state index in [1.807, 2.05) is 59.5 Å². The highest BCUT2D eigenvalue weighted by Crippen LogP contribution is 2.12. The monoisotopic (exact) mass is 337 g/mol. The Morgan fingerprint density at radius 3 is 2.44 bits per heavy atom. The first-order valence-corrected chi connectivity index (χ1v) is 8.55. The Kier molecular flexibility index (Phi) is 5.93. The Labute approximate surface area is 148 Å². The van der Waals surface area contributed by atoms with Gasteiger partial charge in [0, 0.05) is 38.9 Å². The molecule has 1 fully saturated rings. The summed E-state index contributed by atoms with van der Waals surface area (Å²) in [5.41, 5.74) is 2.07. The molecule has 1 saturated heterocycles. The van der Waals surface area contributed by atoms with Gasteiger partial charge < -0.3 is 5.11 Å². The minimum absolute atomic E-state index is 0.586. The molecule has 5 nitrogen and oxygen atoms in total. The fraction of sp³-hybridized carbons (Fsp3) is 0.300. The quantitative estimate of drug-likeness (QED) is 0.877. The van der Waals surface area contributed by atoms with Crippen LogP contribution in [-0.2, 0) is 11.3 Å². The number of benzene rings is 1. The van der Waals surface area contributed by atoms with Gasteiger partial charge in [-0.05, 0) is 17.7 Å². The number of hydrogen-bond acceptors (Lipinski definition) is 4. The third-order valence-corrected chi connectivity index (χ3v) is 4.44. The van der Waals surface area contributed by atoms with Crippen molar-refractivity contribution in [2.75, 3.05) is 26.2 Å². The summed E-state index contributed by atoms with van der Waals surface area (Å²) in [5, 5.41) is 9.59. The second-order valence-electron chi connectivity index (χ2n) is 6.19. The van der Waals surface area contributed by atoms with E-state index >= 15 is 0 Å². The zero-order valence-electron chi connectivity index (χ0n) is 14.2. The van der Waals surface area contributed by atoms with E-state index in [0.29, 0.717) is 0 Å². The van der Waals surface area contributed by atoms with Gasteiger partial charge in [0.1, 0.15) is 6.04 Å². The van der Waals surface area contributed by atoms with E-state index in [-0.39, 0.29) is 0 Å². The maximum atomic E-state index is 11.7. The van der Waals surface area contributed by atoms with E-state index in [0.717, 1.165) is 44.0 Å². The van der Waals surface area contributed by atoms with Gasteiger partial charge in [0.2, 0.25) is 0 Å². The lowest BCUT2D eigenvalue weighted by Gasteiger charge is -2.36. The van der Waals surface area contributed by atoms with Crippen molar-refractivity contribution in [3.8, 4) is 0 Å². The molecule has 1 N–H and O–H groups in total. The third kappa shape index (κ3) is 4.98. The molecule has 1 aromatic heterocycles. The molecule has 25 heavy (non-hydrogen) atoms. The van der Waals surface area contributed by atoms with E-state index < -0.39 is 12.0 Å². The molecule has 0 radical (unpaired) electrons. The summed E-state index contributed by atoms with van der Waals surface area (Å²) < 4.78 is 0. The molecule has 0 saturated carbocycles. The predicted octanol–water partition coefficient (Wildman–Crippen LogP) is 2.37. The van der Waals surface area contributed by atoms with E-state index in [9.17, 15) is 9.90 Å². The van der Waals surface area contributed by atoms with Gasteiger partial charge in [0.25, 0.3) is 0 Å². The Morgan fingerprint density at radius 2 is 1.80 bits per heavy atom. The minimum Gasteiger partial charge on any atom is -0.480 e. The number of rotatable bonds is 6. The molecule has 1 aliphatic heterocycles. The first-order chi connectivity index (χ1) is 12.2. The van der Waals surface area contributed by atoms with Crippen LogP contribution in [0.3, 0.4) is 0 Å². The Hall–Kier alpha value is -2.50. The number of aliphatic carboxylic acids is 1. The molecule has 130 valence electrons. The van der Waals surface area contributed by atoms with Crippen molar-refractivity contribution < 1.29 is 9.90 Å². The van der Waals surface area contributed by atoms with Crippen molar-refractivity contribution in [1.82, 2.24) is 14.8 Å². The number of hydrogen-bond donors (Lipinski definition) is 1. The number of carboxylic acids is 1. The number of carbonyl (C=O) groups is 1. The highest BCUT2D eigenvalue weighted by molar-refractivity contribution is 5.77. The highest BCUT2D eigenvalue weighted by Gasteiger charge is 2.26. The van der Waals surface area contributed by atoms with Crippen LogP contribution >= 0.6 is 0 Å². The van der Waals surface area contributed by atoms with Crippen LogP contribution in [-0.4, -0.2) is 58.1 Å². The maximum Gasteiger partial charge on any atom is 0.324 e. The van der Waals surface area contributed by atoms with Gasteiger partial charge in [-0.25, -0.2) is 0 Å². The molecule has 3 rings (SSSR count). The maximum absolute atomic E-state index is 11.7. The van der Waals surface area contributed by atoms with Crippen molar-refractivity contribution in [3.05, 3.63) is 72.1 Å². The molecular weight excluding hydrogens is 314 g/mol. The average Bonchev–Trinajstić information content (AvgIpc) is 2.65. The molecule has 1 atom stereocenters. The summed E-state index contributed by atoms with van der Waals surface area (Å²) >= 11 is 0. The van der Waals surface area contributed by atoms with Gasteiger partial charge in [-0.1, -0.05) is 48.6 Å². The van der Waals surface area contributed by atoms with Crippen LogP contribution in [0.1, 0.15) is 11.3 Å². The van der Waals surface area contributed by atoms with Gasteiger partial charge in [-0.15, -0.1) is 0 Å². The standard InChI is InChI=1S/C20H23N3O2/c24-20(25)19(10-9-17-6-2-1-3-7-17)23-14-12-22(13-15-23)16-18-8-4-5-11-21-18/h1-11,19H,12-16H2,(H,24,25)/b10-9+/t19-/m1/s1. The van der Waals surface area contributed by atoms with Crippen LogP contribution in [0.2, 0.25) is 0 Å². The van der Waals surface area contributed by atoms with Crippen LogP contribution in [0.15, 0.2) is 60.8 Å². The van der Waals surface area contributed by atoms with Gasteiger partial charge in [0.05, 0.1) is 5.69 Å². The summed E-state index contributed by atoms with van der Waals surface area (Å²) in [7, 11) is 0. The van der Waals surface area contributed by atoms with Crippen LogP contribution in [0, 0.1) is 0 Å². The number of piperazine rings is 1. The number of nitrogens with zero attached hydrogens (tertiary/aromatic N) is 3. The molecule has 0 unspecified atom stereocenters. The topological polar surface area (TPSA) is 56.7 Å². The van der Waals surface area contributed by atoms with Crippen molar-refractivity contribution in [3.63, 3.8) is 0 Å². The lowest BCUT2D eigenvalue weighted by Crippen LogP contribution is -2.51. The molecule has 5 heteroatoms. The predicted molar refractivity (Wildman–Crippen MR) is 98.0 cm³/mol. The van der Waals surface area contributed by atoms with Crippen molar-refractivity contribution in [2.45, 2.75) is 12.6 Å². The summed E-state index contributed by atoms with van der Waals surface area (Å²) in [6, 6.07) is 15.1. The van der Waals surface area contributed by atoms with Crippen LogP contribution in [0.5, 0.6) is 0 Å². The van der Waals surface area contributed by atoms with Crippen LogP contribution in [0.25, 0.3) is 6.08 Å². The second-order valence-corrected chi connectivity index (χ2v) is 6.19. The number of aromatic nitrogens is 1. The third-order valence-electron chi connectivity index (χ3n) is 4.44. The summed E-state index contributed by atoms with van der Waals surface area (Å²) in [4.78, 5) is 20.4. The first kappa shape index (κ1) is 17.3. The largest absolute Gasteiger partial charge is 0.480 e. The first-order valence-electron chi connectivity index (χ1n) is 8.55. The van der Waals surface area contributed by atoms with E-state index in [1.165, 1.54) is 0 Å². The van der Waals surface area contributed by atoms with E-state index in [4.69, 9.17) is 0 Å². The fourth-order valence-corrected chi connectivity index (χ4v) is 3.05. The molecule has 0 spiro atoms. The van der Waals surface area contributed by atoms with Gasteiger partial charge in [-0.3, -0.25) is 19.6 Å². The molecule has 0 aliphatic carbocycles. The molecule has 2 heterocycles. The summed E-state index contributed by atoms with van der Waals surface area (Å²) in [6.07, 6.45) is 5.48. The zero-order chi connectivity index (χ0) is 17.5. The van der Waals surface area contributed by atoms with E-state index in [2.05, 4.69) is 9.88 Å². The summed E-state index contributed by atoms with van der Waals surface area (Å²) in [6.45, 7) is 3.98. The van der Waals surface area contributed by atoms with Gasteiger partial charge in [0.15, 0.2) is 0 Å². The van der Waals surface area contributed by atoms with Gasteiger partial charge >= 0.3 is 5.97 Å². The SMILES string of the molecule is O=C(O)[C@@H](/C=C/c1ccccc1)N1CCN(Cc2ccccn2)CC1. The van der Waals surface area contributed by atoms with Crippen LogP contribution in [0.4, 0.5) is 0 Å². The molecule has 1 aromatic carbocycles. The minimum atomic E-state index is -0.801. The fourth-order valence-electron chi connectivity index (χ4n) is 3.05. The second kappa shape index (κ2) is 8.55. The highest BCUT2D eigenvalue weighted by atomic mass is 16.4. The lowest BCUT2D eigenvalue weighted by atomic mass is 10.1. The lowest BCUT2D eigenvalue weighted by molar-refractivity contribution is -0.142. The molecular formula is C20H23N3O2. The average molecular weight is 337 g/mol. The summed E-state index contributed by atoms with van der Waals surface area (Å²) in [5.74, 6) is -0.801. The Morgan fingerprint density at radius 1 is 1.08 bits per heavy atom. The van der Waals surface area contributed by atoms with Crippen LogP contribution < -0.4 is 0 Å². The Balaban J connectivity index is 1.57. The molecule has 0 amide bonds. The molecule has 2 aromatic rings. The number of carboxylic acid groups (broad SMARTS) is 1. The van der Waals surface area contributed by atoms with Crippen molar-refractivity contribution in [2.24, 2.45) is 0 Å². The van der Waals surface area contributed by atoms with Gasteiger partial charge in [-0.2, -0.15) is 0 Å². The van der Waals surface area contributed by atoms with E-state index in [1.54, 1.807) is 12.3 Å². The zero-order valence-corrected chi connectivity index (χ0v) is 14.2. The molecule has 0 bridgehead atoms. The molecule has 1 aliphatic rings. The number of pyridine rings is 1. The normalized spacial score (nSPS) is 17.6. The van der Waals surface area contributed by atoms with Crippen molar-refractivity contribution in [1.29, 1.82) is 0 Å². The smallest absolute Gasteiger partial charge is 0.324 e. The Bertz CT molecular complexity index is 695.